The van der Waals surface area contributed by atoms with Crippen molar-refractivity contribution in [3.63, 3.8) is 0 Å². The van der Waals surface area contributed by atoms with Crippen molar-refractivity contribution in [3.05, 3.63) is 63.7 Å². The van der Waals surface area contributed by atoms with Gasteiger partial charge in [0.05, 0.1) is 10.7 Å². The molecule has 0 aliphatic rings. The van der Waals surface area contributed by atoms with Crippen LogP contribution in [0.4, 0.5) is 10.5 Å². The number of anilines is 1. The number of hydrogen-bond donors (Lipinski definition) is 2. The van der Waals surface area contributed by atoms with E-state index in [-0.39, 0.29) is 24.4 Å². The first kappa shape index (κ1) is 32.2. The summed E-state index contributed by atoms with van der Waals surface area (Å²) in [5, 5.41) is 5.97. The molecule has 39 heavy (non-hydrogen) atoms. The Morgan fingerprint density at radius 1 is 0.949 bits per heavy atom. The van der Waals surface area contributed by atoms with Gasteiger partial charge in [-0.1, -0.05) is 55.8 Å². The van der Waals surface area contributed by atoms with Gasteiger partial charge in [0.25, 0.3) is 5.91 Å². The maximum atomic E-state index is 14.1. The van der Waals surface area contributed by atoms with Crippen molar-refractivity contribution < 1.29 is 19.1 Å². The number of halogens is 1. The average molecular weight is 558 g/mol. The van der Waals surface area contributed by atoms with Gasteiger partial charge in [-0.2, -0.15) is 0 Å². The van der Waals surface area contributed by atoms with Crippen molar-refractivity contribution in [1.82, 2.24) is 10.2 Å². The third kappa shape index (κ3) is 9.57. The van der Waals surface area contributed by atoms with Crippen LogP contribution < -0.4 is 10.6 Å². The van der Waals surface area contributed by atoms with Crippen molar-refractivity contribution in [2.75, 3.05) is 11.9 Å². The zero-order chi connectivity index (χ0) is 29.5. The Kier molecular flexibility index (Phi) is 11.4. The summed E-state index contributed by atoms with van der Waals surface area (Å²) in [6, 6.07) is 9.94. The smallest absolute Gasteiger partial charge is 0.408 e. The van der Waals surface area contributed by atoms with E-state index in [9.17, 15) is 14.4 Å². The predicted molar refractivity (Wildman–Crippen MR) is 158 cm³/mol. The second kappa shape index (κ2) is 13.8. The van der Waals surface area contributed by atoms with Gasteiger partial charge in [-0.3, -0.25) is 9.59 Å². The third-order valence-electron chi connectivity index (χ3n) is 6.55. The highest BCUT2D eigenvalue weighted by Gasteiger charge is 2.35. The van der Waals surface area contributed by atoms with Crippen molar-refractivity contribution in [1.29, 1.82) is 0 Å². The Labute approximate surface area is 238 Å². The van der Waals surface area contributed by atoms with Crippen LogP contribution in [0.5, 0.6) is 0 Å². The van der Waals surface area contributed by atoms with E-state index in [1.165, 1.54) is 0 Å². The van der Waals surface area contributed by atoms with Crippen LogP contribution in [0.15, 0.2) is 36.4 Å². The molecule has 0 saturated carbocycles. The number of para-hydroxylation sites is 1. The van der Waals surface area contributed by atoms with E-state index in [0.29, 0.717) is 28.6 Å². The lowest BCUT2D eigenvalue weighted by Crippen LogP contribution is -2.50. The largest absolute Gasteiger partial charge is 0.444 e. The molecule has 3 amide bonds. The normalized spacial score (nSPS) is 13.0. The SMILES string of the molecule is Cc1ccc(C(C(=O)Nc2c(C)cccc2Cl)N(C(=O)CNC(=O)OC(C)(C)C)C(C)CCC(C)C)cc1C. The first-order valence-corrected chi connectivity index (χ1v) is 13.9. The average Bonchev–Trinajstić information content (AvgIpc) is 2.82. The minimum atomic E-state index is -0.949. The van der Waals surface area contributed by atoms with Crippen molar-refractivity contribution >= 4 is 35.2 Å². The number of carbonyl (C=O) groups is 3. The standard InChI is InChI=1S/C31H44ClN3O4/c1-19(2)13-15-23(6)35(26(36)18-33-30(38)39-31(7,8)9)28(24-16-14-20(3)22(5)17-24)29(37)34-27-21(4)11-10-12-25(27)32/h10-12,14,16-17,19,23,28H,13,15,18H2,1-9H3,(H,33,38)(H,34,37). The third-order valence-corrected chi connectivity index (χ3v) is 6.87. The fourth-order valence-corrected chi connectivity index (χ4v) is 4.53. The fourth-order valence-electron chi connectivity index (χ4n) is 4.27. The van der Waals surface area contributed by atoms with Crippen molar-refractivity contribution in [2.24, 2.45) is 5.92 Å². The molecule has 0 heterocycles. The molecule has 2 N–H and O–H groups in total. The Morgan fingerprint density at radius 2 is 1.62 bits per heavy atom. The van der Waals surface area contributed by atoms with E-state index in [4.69, 9.17) is 16.3 Å². The maximum Gasteiger partial charge on any atom is 0.408 e. The van der Waals surface area contributed by atoms with Gasteiger partial charge in [0, 0.05) is 6.04 Å². The van der Waals surface area contributed by atoms with Crippen LogP contribution in [0, 0.1) is 26.7 Å². The molecule has 0 bridgehead atoms. The fraction of sp³-hybridized carbons (Fsp3) is 0.516. The van der Waals surface area contributed by atoms with Crippen LogP contribution in [0.3, 0.4) is 0 Å². The number of benzene rings is 2. The number of carbonyl (C=O) groups excluding carboxylic acids is 3. The van der Waals surface area contributed by atoms with Gasteiger partial charge >= 0.3 is 6.09 Å². The molecule has 2 unspecified atom stereocenters. The van der Waals surface area contributed by atoms with Gasteiger partial charge in [0.2, 0.25) is 5.91 Å². The van der Waals surface area contributed by atoms with Crippen molar-refractivity contribution in [2.45, 2.75) is 92.8 Å². The molecule has 2 rings (SSSR count). The molecule has 0 radical (unpaired) electrons. The quantitative estimate of drug-likeness (QED) is 0.325. The Bertz CT molecular complexity index is 1150. The van der Waals surface area contributed by atoms with Crippen LogP contribution in [0.25, 0.3) is 0 Å². The highest BCUT2D eigenvalue weighted by atomic mass is 35.5. The number of nitrogens with zero attached hydrogens (tertiary/aromatic N) is 1. The van der Waals surface area contributed by atoms with Crippen molar-refractivity contribution in [3.8, 4) is 0 Å². The molecule has 8 heteroatoms. The van der Waals surface area contributed by atoms with Gasteiger partial charge in [0.15, 0.2) is 0 Å². The molecule has 0 aliphatic heterocycles. The Hall–Kier alpha value is -3.06. The molecule has 0 spiro atoms. The summed E-state index contributed by atoms with van der Waals surface area (Å²) < 4.78 is 5.32. The van der Waals surface area contributed by atoms with Gasteiger partial charge in [-0.25, -0.2) is 4.79 Å². The summed E-state index contributed by atoms with van der Waals surface area (Å²) in [7, 11) is 0. The lowest BCUT2D eigenvalue weighted by atomic mass is 9.95. The topological polar surface area (TPSA) is 87.7 Å². The molecule has 0 aliphatic carbocycles. The van der Waals surface area contributed by atoms with E-state index in [1.807, 2.05) is 58.0 Å². The molecule has 0 saturated heterocycles. The minimum Gasteiger partial charge on any atom is -0.444 e. The molecule has 2 atom stereocenters. The number of amides is 3. The first-order valence-electron chi connectivity index (χ1n) is 13.5. The molecule has 0 aromatic heterocycles. The van der Waals surface area contributed by atoms with Crippen LogP contribution in [-0.2, 0) is 14.3 Å². The Balaban J connectivity index is 2.54. The second-order valence-electron chi connectivity index (χ2n) is 11.6. The summed E-state index contributed by atoms with van der Waals surface area (Å²) >= 11 is 6.44. The van der Waals surface area contributed by atoms with Crippen LogP contribution in [-0.4, -0.2) is 41.0 Å². The number of nitrogens with one attached hydrogen (secondary N) is 2. The van der Waals surface area contributed by atoms with Gasteiger partial charge < -0.3 is 20.3 Å². The van der Waals surface area contributed by atoms with E-state index < -0.39 is 17.7 Å². The molecule has 214 valence electrons. The van der Waals surface area contributed by atoms with E-state index in [2.05, 4.69) is 24.5 Å². The number of hydrogen-bond acceptors (Lipinski definition) is 4. The highest BCUT2D eigenvalue weighted by molar-refractivity contribution is 6.34. The van der Waals surface area contributed by atoms with Gasteiger partial charge in [0.1, 0.15) is 18.2 Å². The van der Waals surface area contributed by atoms with Gasteiger partial charge in [-0.05, 0) is 95.5 Å². The number of ether oxygens (including phenoxy) is 1. The zero-order valence-corrected chi connectivity index (χ0v) is 25.5. The summed E-state index contributed by atoms with van der Waals surface area (Å²) in [6.07, 6.45) is 0.870. The molecule has 2 aromatic carbocycles. The second-order valence-corrected chi connectivity index (χ2v) is 12.1. The summed E-state index contributed by atoms with van der Waals surface area (Å²) in [4.78, 5) is 41.8. The lowest BCUT2D eigenvalue weighted by Gasteiger charge is -2.37. The summed E-state index contributed by atoms with van der Waals surface area (Å²) in [6.45, 7) is 17.0. The molecule has 7 nitrogen and oxygen atoms in total. The van der Waals surface area contributed by atoms with Crippen LogP contribution in [0.1, 0.15) is 82.7 Å². The Morgan fingerprint density at radius 3 is 2.18 bits per heavy atom. The molecule has 2 aromatic rings. The predicted octanol–water partition coefficient (Wildman–Crippen LogP) is 7.12. The van der Waals surface area contributed by atoms with E-state index in [1.54, 1.807) is 31.7 Å². The van der Waals surface area contributed by atoms with Gasteiger partial charge in [-0.15, -0.1) is 0 Å². The minimum absolute atomic E-state index is 0.287. The lowest BCUT2D eigenvalue weighted by molar-refractivity contribution is -0.140. The number of alkyl carbamates (subject to hydrolysis) is 1. The monoisotopic (exact) mass is 557 g/mol. The number of rotatable bonds is 10. The number of aryl methyl sites for hydroxylation is 3. The molecule has 0 fully saturated rings. The maximum absolute atomic E-state index is 14.1. The summed E-state index contributed by atoms with van der Waals surface area (Å²) in [5.41, 5.74) is 3.39. The van der Waals surface area contributed by atoms with Crippen LogP contribution in [0.2, 0.25) is 5.02 Å². The molecular formula is C31H44ClN3O4. The highest BCUT2D eigenvalue weighted by Crippen LogP contribution is 2.31. The zero-order valence-electron chi connectivity index (χ0n) is 24.8. The first-order chi connectivity index (χ1) is 18.1. The van der Waals surface area contributed by atoms with E-state index >= 15 is 0 Å². The summed E-state index contributed by atoms with van der Waals surface area (Å²) in [5.74, 6) is -0.341. The molecular weight excluding hydrogens is 514 g/mol. The van der Waals surface area contributed by atoms with E-state index in [0.717, 1.165) is 23.1 Å². The van der Waals surface area contributed by atoms with Crippen LogP contribution >= 0.6 is 11.6 Å².